The molecule has 1 aromatic heterocycles. The fourth-order valence-corrected chi connectivity index (χ4v) is 1.08. The zero-order chi connectivity index (χ0) is 9.47. The number of hydrogen-bond donors (Lipinski definition) is 0. The summed E-state index contributed by atoms with van der Waals surface area (Å²) < 4.78 is 41.2. The largest absolute Gasteiger partial charge is 0.509 e. The number of nitrogens with zero attached hydrogens (tertiary/aromatic N) is 1. The third-order valence-corrected chi connectivity index (χ3v) is 1.76. The van der Waals surface area contributed by atoms with Gasteiger partial charge in [0.2, 0.25) is 0 Å². The molecule has 0 saturated heterocycles. The molecule has 0 spiro atoms. The minimum Gasteiger partial charge on any atom is -0.445 e. The van der Waals surface area contributed by atoms with Gasteiger partial charge in [0.05, 0.1) is 0 Å². The van der Waals surface area contributed by atoms with Gasteiger partial charge in [0.1, 0.15) is 11.8 Å². The lowest BCUT2D eigenvalue weighted by atomic mass is 9.80. The van der Waals surface area contributed by atoms with Crippen molar-refractivity contribution in [3.05, 3.63) is 24.5 Å². The first-order valence-electron chi connectivity index (χ1n) is 3.61. The van der Waals surface area contributed by atoms with Gasteiger partial charge in [-0.25, -0.2) is 0 Å². The van der Waals surface area contributed by atoms with Gasteiger partial charge in [-0.15, -0.1) is 5.46 Å². The van der Waals surface area contributed by atoms with Crippen LogP contribution in [-0.4, -0.2) is 12.1 Å². The molecule has 0 bridgehead atoms. The van der Waals surface area contributed by atoms with Gasteiger partial charge in [0.15, 0.2) is 0 Å². The molecular formula is C7H4BF3NO-. The maximum Gasteiger partial charge on any atom is 0.509 e. The summed E-state index contributed by atoms with van der Waals surface area (Å²) in [5, 5.41) is 4.00. The van der Waals surface area contributed by atoms with E-state index in [1.54, 1.807) is 0 Å². The highest BCUT2D eigenvalue weighted by atomic mass is 19.4. The molecule has 2 aromatic rings. The molecule has 0 N–H and O–H groups in total. The van der Waals surface area contributed by atoms with Crippen molar-refractivity contribution in [2.75, 3.05) is 0 Å². The molecule has 0 aliphatic rings. The second kappa shape index (κ2) is 2.51. The molecule has 1 heterocycles. The van der Waals surface area contributed by atoms with E-state index >= 15 is 0 Å². The van der Waals surface area contributed by atoms with E-state index in [0.29, 0.717) is 5.39 Å². The Balaban J connectivity index is 2.61. The summed E-state index contributed by atoms with van der Waals surface area (Å²) in [6.07, 6.45) is 1.31. The Morgan fingerprint density at radius 3 is 2.69 bits per heavy atom. The third kappa shape index (κ3) is 1.39. The normalized spacial score (nSPS) is 12.2. The summed E-state index contributed by atoms with van der Waals surface area (Å²) in [6, 6.07) is 3.36. The number of halogens is 3. The van der Waals surface area contributed by atoms with E-state index in [-0.39, 0.29) is 5.52 Å². The minimum atomic E-state index is -4.95. The minimum absolute atomic E-state index is 0.233. The molecule has 0 fully saturated rings. The Kier molecular flexibility index (Phi) is 1.58. The first kappa shape index (κ1) is 8.16. The van der Waals surface area contributed by atoms with Crippen molar-refractivity contribution in [1.82, 2.24) is 5.16 Å². The standard InChI is InChI=1S/C7H4BF3NO/c9-8(10,11)6-2-1-5-4-13-12-7(5)3-6/h1-4H/q-1. The van der Waals surface area contributed by atoms with Crippen molar-refractivity contribution in [3.8, 4) is 0 Å². The Hall–Kier alpha value is -1.46. The Labute approximate surface area is 71.4 Å². The number of rotatable bonds is 1. The van der Waals surface area contributed by atoms with E-state index in [2.05, 4.69) is 9.68 Å². The molecular weight excluding hydrogens is 182 g/mol. The van der Waals surface area contributed by atoms with Gasteiger partial charge in [-0.2, -0.15) is 0 Å². The van der Waals surface area contributed by atoms with Crippen molar-refractivity contribution in [1.29, 1.82) is 0 Å². The molecule has 2 rings (SSSR count). The van der Waals surface area contributed by atoms with Crippen molar-refractivity contribution in [2.45, 2.75) is 0 Å². The summed E-state index contributed by atoms with van der Waals surface area (Å²) in [5.74, 6) is 0. The van der Waals surface area contributed by atoms with Crippen LogP contribution in [0.5, 0.6) is 0 Å². The average molecular weight is 186 g/mol. The van der Waals surface area contributed by atoms with Crippen LogP contribution in [0.3, 0.4) is 0 Å². The molecule has 0 unspecified atom stereocenters. The van der Waals surface area contributed by atoms with Gasteiger partial charge in [0.25, 0.3) is 0 Å². The number of fused-ring (bicyclic) bond motifs is 1. The van der Waals surface area contributed by atoms with E-state index in [9.17, 15) is 12.9 Å². The molecule has 68 valence electrons. The van der Waals surface area contributed by atoms with Crippen LogP contribution in [0, 0.1) is 0 Å². The number of aromatic nitrogens is 1. The summed E-state index contributed by atoms with van der Waals surface area (Å²) in [6.45, 7) is -4.95. The predicted octanol–water partition coefficient (Wildman–Crippen LogP) is 1.88. The van der Waals surface area contributed by atoms with Crippen molar-refractivity contribution in [3.63, 3.8) is 0 Å². The van der Waals surface area contributed by atoms with Crippen LogP contribution in [0.1, 0.15) is 0 Å². The van der Waals surface area contributed by atoms with Crippen LogP contribution in [-0.2, 0) is 0 Å². The summed E-state index contributed by atoms with van der Waals surface area (Å²) in [7, 11) is 0. The van der Waals surface area contributed by atoms with Crippen LogP contribution in [0.25, 0.3) is 10.9 Å². The summed E-state index contributed by atoms with van der Waals surface area (Å²) >= 11 is 0. The van der Waals surface area contributed by atoms with Gasteiger partial charge in [-0.1, -0.05) is 23.4 Å². The molecule has 0 radical (unpaired) electrons. The molecule has 0 amide bonds. The number of hydrogen-bond acceptors (Lipinski definition) is 2. The van der Waals surface area contributed by atoms with E-state index < -0.39 is 12.4 Å². The highest BCUT2D eigenvalue weighted by Gasteiger charge is 2.25. The smallest absolute Gasteiger partial charge is 0.445 e. The lowest BCUT2D eigenvalue weighted by molar-refractivity contribution is 0.428. The van der Waals surface area contributed by atoms with E-state index in [4.69, 9.17) is 0 Å². The molecule has 1 aromatic carbocycles. The molecule has 0 saturated carbocycles. The Morgan fingerprint density at radius 1 is 1.23 bits per heavy atom. The van der Waals surface area contributed by atoms with Gasteiger partial charge >= 0.3 is 6.98 Å². The highest BCUT2D eigenvalue weighted by Crippen LogP contribution is 2.14. The third-order valence-electron chi connectivity index (χ3n) is 1.76. The highest BCUT2D eigenvalue weighted by molar-refractivity contribution is 6.73. The molecule has 0 atom stereocenters. The van der Waals surface area contributed by atoms with Gasteiger partial charge in [-0.05, 0) is 0 Å². The number of benzene rings is 1. The molecule has 0 aliphatic heterocycles. The van der Waals surface area contributed by atoms with Crippen LogP contribution >= 0.6 is 0 Å². The second-order valence-electron chi connectivity index (χ2n) is 2.71. The van der Waals surface area contributed by atoms with Crippen molar-refractivity contribution < 1.29 is 17.5 Å². The average Bonchev–Trinajstić information content (AvgIpc) is 2.47. The maximum atomic E-state index is 12.2. The Morgan fingerprint density at radius 2 is 2.00 bits per heavy atom. The summed E-state index contributed by atoms with van der Waals surface area (Å²) in [4.78, 5) is 0. The molecule has 13 heavy (non-hydrogen) atoms. The predicted molar refractivity (Wildman–Crippen MR) is 42.7 cm³/mol. The lowest BCUT2D eigenvalue weighted by Gasteiger charge is -2.13. The zero-order valence-corrected chi connectivity index (χ0v) is 6.38. The van der Waals surface area contributed by atoms with Gasteiger partial charge < -0.3 is 17.5 Å². The molecule has 0 aliphatic carbocycles. The molecule has 6 heteroatoms. The van der Waals surface area contributed by atoms with E-state index in [1.165, 1.54) is 12.3 Å². The van der Waals surface area contributed by atoms with Crippen molar-refractivity contribution >= 4 is 23.3 Å². The van der Waals surface area contributed by atoms with E-state index in [0.717, 1.165) is 12.1 Å². The first-order valence-corrected chi connectivity index (χ1v) is 3.61. The van der Waals surface area contributed by atoms with Crippen molar-refractivity contribution in [2.24, 2.45) is 0 Å². The van der Waals surface area contributed by atoms with Gasteiger partial charge in [-0.3, -0.25) is 0 Å². The SMILES string of the molecule is F[B-](F)(F)c1ccc2conc2c1. The topological polar surface area (TPSA) is 26.0 Å². The summed E-state index contributed by atoms with van der Waals surface area (Å²) in [5.41, 5.74) is -0.418. The van der Waals surface area contributed by atoms with Crippen LogP contribution in [0.4, 0.5) is 12.9 Å². The fourth-order valence-electron chi connectivity index (χ4n) is 1.08. The van der Waals surface area contributed by atoms with Crippen LogP contribution in [0.15, 0.2) is 29.0 Å². The Bertz CT molecular complexity index is 436. The van der Waals surface area contributed by atoms with Crippen LogP contribution in [0.2, 0.25) is 0 Å². The monoisotopic (exact) mass is 186 g/mol. The second-order valence-corrected chi connectivity index (χ2v) is 2.71. The van der Waals surface area contributed by atoms with E-state index in [1.807, 2.05) is 0 Å². The lowest BCUT2D eigenvalue weighted by Crippen LogP contribution is -2.33. The van der Waals surface area contributed by atoms with Crippen LogP contribution < -0.4 is 5.46 Å². The van der Waals surface area contributed by atoms with Gasteiger partial charge in [0, 0.05) is 5.39 Å². The molecule has 2 nitrogen and oxygen atoms in total. The fraction of sp³-hybridized carbons (Fsp3) is 0. The first-order chi connectivity index (χ1) is 6.07. The quantitative estimate of drug-likeness (QED) is 0.635. The zero-order valence-electron chi connectivity index (χ0n) is 6.38. The maximum absolute atomic E-state index is 12.2.